The van der Waals surface area contributed by atoms with Crippen LogP contribution in [0.2, 0.25) is 10.0 Å². The highest BCUT2D eigenvalue weighted by Gasteiger charge is 2.23. The molecule has 144 valence electrons. The quantitative estimate of drug-likeness (QED) is 0.406. The van der Waals surface area contributed by atoms with Crippen LogP contribution in [-0.4, -0.2) is 11.8 Å². The van der Waals surface area contributed by atoms with E-state index >= 15 is 0 Å². The standard InChI is InChI=1S/C22H14Cl2N2O3/c23-13-10-11-15(17(24)12-13)21(27)26-19-16-8-4-5-9-18(16)29-20(19)22(28)25-14-6-2-1-3-7-14/h1-12H,(H,25,28)(H,26,27). The van der Waals surface area contributed by atoms with E-state index in [2.05, 4.69) is 10.6 Å². The van der Waals surface area contributed by atoms with Gasteiger partial charge >= 0.3 is 0 Å². The monoisotopic (exact) mass is 424 g/mol. The number of carbonyl (C=O) groups is 2. The zero-order valence-corrected chi connectivity index (χ0v) is 16.4. The summed E-state index contributed by atoms with van der Waals surface area (Å²) in [6.07, 6.45) is 0. The Morgan fingerprint density at radius 3 is 2.28 bits per heavy atom. The second-order valence-electron chi connectivity index (χ2n) is 6.20. The number of amides is 2. The number of para-hydroxylation sites is 2. The van der Waals surface area contributed by atoms with Gasteiger partial charge in [-0.2, -0.15) is 0 Å². The minimum atomic E-state index is -0.482. The predicted molar refractivity (Wildman–Crippen MR) is 115 cm³/mol. The highest BCUT2D eigenvalue weighted by molar-refractivity contribution is 6.37. The number of hydrogen-bond donors (Lipinski definition) is 2. The number of halogens is 2. The van der Waals surface area contributed by atoms with Crippen LogP contribution in [0.5, 0.6) is 0 Å². The zero-order chi connectivity index (χ0) is 20.4. The molecule has 2 N–H and O–H groups in total. The molecule has 0 radical (unpaired) electrons. The maximum atomic E-state index is 12.8. The largest absolute Gasteiger partial charge is 0.449 e. The van der Waals surface area contributed by atoms with Gasteiger partial charge in [0.1, 0.15) is 11.3 Å². The molecule has 0 unspecified atom stereocenters. The number of nitrogens with one attached hydrogen (secondary N) is 2. The van der Waals surface area contributed by atoms with Crippen molar-refractivity contribution in [3.05, 3.63) is 94.2 Å². The third kappa shape index (κ3) is 3.97. The first-order valence-electron chi connectivity index (χ1n) is 8.67. The van der Waals surface area contributed by atoms with Crippen LogP contribution in [-0.2, 0) is 0 Å². The summed E-state index contributed by atoms with van der Waals surface area (Å²) in [5.74, 6) is -0.967. The summed E-state index contributed by atoms with van der Waals surface area (Å²) in [5.41, 5.74) is 1.58. The van der Waals surface area contributed by atoms with Gasteiger partial charge in [-0.05, 0) is 42.5 Å². The van der Waals surface area contributed by atoms with Crippen molar-refractivity contribution in [3.8, 4) is 0 Å². The van der Waals surface area contributed by atoms with Crippen LogP contribution in [0.3, 0.4) is 0 Å². The number of fused-ring (bicyclic) bond motifs is 1. The van der Waals surface area contributed by atoms with Crippen LogP contribution in [0.1, 0.15) is 20.9 Å². The van der Waals surface area contributed by atoms with E-state index in [1.54, 1.807) is 54.6 Å². The average molecular weight is 425 g/mol. The molecule has 0 saturated carbocycles. The van der Waals surface area contributed by atoms with Gasteiger partial charge in [-0.1, -0.05) is 53.5 Å². The van der Waals surface area contributed by atoms with Gasteiger partial charge in [-0.15, -0.1) is 0 Å². The Hall–Kier alpha value is -3.28. The second kappa shape index (κ2) is 7.99. The Morgan fingerprint density at radius 2 is 1.52 bits per heavy atom. The van der Waals surface area contributed by atoms with E-state index in [4.69, 9.17) is 27.6 Å². The van der Waals surface area contributed by atoms with Gasteiger partial charge in [0.2, 0.25) is 5.76 Å². The van der Waals surface area contributed by atoms with E-state index in [1.165, 1.54) is 12.1 Å². The summed E-state index contributed by atoms with van der Waals surface area (Å²) in [5, 5.41) is 6.75. The molecule has 5 nitrogen and oxygen atoms in total. The molecule has 1 heterocycles. The number of anilines is 2. The van der Waals surface area contributed by atoms with Gasteiger partial charge in [-0.3, -0.25) is 9.59 Å². The lowest BCUT2D eigenvalue weighted by Crippen LogP contribution is -2.17. The van der Waals surface area contributed by atoms with Crippen molar-refractivity contribution in [3.63, 3.8) is 0 Å². The molecule has 0 spiro atoms. The SMILES string of the molecule is O=C(Nc1c(C(=O)Nc2ccccc2)oc2ccccc12)c1ccc(Cl)cc1Cl. The molecule has 0 atom stereocenters. The summed E-state index contributed by atoms with van der Waals surface area (Å²) in [6.45, 7) is 0. The molecular weight excluding hydrogens is 411 g/mol. The molecule has 0 saturated heterocycles. The van der Waals surface area contributed by atoms with E-state index < -0.39 is 11.8 Å². The molecular formula is C22H14Cl2N2O3. The van der Waals surface area contributed by atoms with E-state index in [1.807, 2.05) is 6.07 Å². The molecule has 0 bridgehead atoms. The summed E-state index contributed by atoms with van der Waals surface area (Å²) < 4.78 is 5.74. The first-order chi connectivity index (χ1) is 14.0. The lowest BCUT2D eigenvalue weighted by Gasteiger charge is -2.08. The Labute approximate surface area is 176 Å². The van der Waals surface area contributed by atoms with Gasteiger partial charge < -0.3 is 15.1 Å². The van der Waals surface area contributed by atoms with Gasteiger partial charge in [0.15, 0.2) is 0 Å². The van der Waals surface area contributed by atoms with Gasteiger partial charge in [0, 0.05) is 16.1 Å². The summed E-state index contributed by atoms with van der Waals surface area (Å²) >= 11 is 12.0. The van der Waals surface area contributed by atoms with Crippen molar-refractivity contribution in [2.24, 2.45) is 0 Å². The number of hydrogen-bond acceptors (Lipinski definition) is 3. The topological polar surface area (TPSA) is 71.3 Å². The Kier molecular flexibility index (Phi) is 5.25. The minimum Gasteiger partial charge on any atom is -0.449 e. The average Bonchev–Trinajstić information content (AvgIpc) is 3.07. The van der Waals surface area contributed by atoms with Crippen LogP contribution in [0.15, 0.2) is 77.2 Å². The number of furan rings is 1. The van der Waals surface area contributed by atoms with Crippen LogP contribution in [0, 0.1) is 0 Å². The lowest BCUT2D eigenvalue weighted by molar-refractivity contribution is 0.0999. The molecule has 4 aromatic rings. The van der Waals surface area contributed by atoms with Crippen LogP contribution < -0.4 is 10.6 Å². The molecule has 0 fully saturated rings. The summed E-state index contributed by atoms with van der Waals surface area (Å²) in [7, 11) is 0. The zero-order valence-electron chi connectivity index (χ0n) is 14.9. The molecule has 0 aliphatic carbocycles. The lowest BCUT2D eigenvalue weighted by atomic mass is 10.1. The molecule has 4 rings (SSSR count). The van der Waals surface area contributed by atoms with Crippen molar-refractivity contribution in [1.29, 1.82) is 0 Å². The van der Waals surface area contributed by atoms with E-state index in [-0.39, 0.29) is 22.0 Å². The smallest absolute Gasteiger partial charge is 0.293 e. The third-order valence-electron chi connectivity index (χ3n) is 4.25. The number of carbonyl (C=O) groups excluding carboxylic acids is 2. The van der Waals surface area contributed by atoms with Crippen LogP contribution in [0.25, 0.3) is 11.0 Å². The summed E-state index contributed by atoms with van der Waals surface area (Å²) in [4.78, 5) is 25.6. The van der Waals surface area contributed by atoms with E-state index in [9.17, 15) is 9.59 Å². The van der Waals surface area contributed by atoms with Crippen molar-refractivity contribution in [1.82, 2.24) is 0 Å². The van der Waals surface area contributed by atoms with Crippen molar-refractivity contribution < 1.29 is 14.0 Å². The molecule has 0 aliphatic heterocycles. The van der Waals surface area contributed by atoms with Crippen LogP contribution >= 0.6 is 23.2 Å². The fraction of sp³-hybridized carbons (Fsp3) is 0. The molecule has 3 aromatic carbocycles. The molecule has 2 amide bonds. The number of benzene rings is 3. The van der Waals surface area contributed by atoms with Crippen molar-refractivity contribution in [2.75, 3.05) is 10.6 Å². The Balaban J connectivity index is 1.71. The highest BCUT2D eigenvalue weighted by Crippen LogP contribution is 2.32. The molecule has 29 heavy (non-hydrogen) atoms. The Bertz CT molecular complexity index is 1220. The van der Waals surface area contributed by atoms with Gasteiger partial charge in [0.05, 0.1) is 10.6 Å². The Morgan fingerprint density at radius 1 is 0.793 bits per heavy atom. The third-order valence-corrected chi connectivity index (χ3v) is 4.80. The second-order valence-corrected chi connectivity index (χ2v) is 7.04. The van der Waals surface area contributed by atoms with E-state index in [0.29, 0.717) is 21.7 Å². The minimum absolute atomic E-state index is 0.00603. The fourth-order valence-corrected chi connectivity index (χ4v) is 3.39. The fourth-order valence-electron chi connectivity index (χ4n) is 2.89. The molecule has 7 heteroatoms. The summed E-state index contributed by atoms with van der Waals surface area (Å²) in [6, 6.07) is 20.6. The maximum absolute atomic E-state index is 12.8. The maximum Gasteiger partial charge on any atom is 0.293 e. The normalized spacial score (nSPS) is 10.7. The first-order valence-corrected chi connectivity index (χ1v) is 9.43. The van der Waals surface area contributed by atoms with Crippen LogP contribution in [0.4, 0.5) is 11.4 Å². The van der Waals surface area contributed by atoms with Crippen molar-refractivity contribution >= 4 is 57.4 Å². The first kappa shape index (κ1) is 19.1. The molecule has 0 aliphatic rings. The molecule has 1 aromatic heterocycles. The van der Waals surface area contributed by atoms with Gasteiger partial charge in [0.25, 0.3) is 11.8 Å². The highest BCUT2D eigenvalue weighted by atomic mass is 35.5. The number of rotatable bonds is 4. The van der Waals surface area contributed by atoms with Crippen molar-refractivity contribution in [2.45, 2.75) is 0 Å². The van der Waals surface area contributed by atoms with Gasteiger partial charge in [-0.25, -0.2) is 0 Å². The predicted octanol–water partition coefficient (Wildman–Crippen LogP) is 6.24. The van der Waals surface area contributed by atoms with E-state index in [0.717, 1.165) is 0 Å².